The molecule has 0 bridgehead atoms. The molecule has 0 saturated carbocycles. The summed E-state index contributed by atoms with van der Waals surface area (Å²) in [6.45, 7) is 0.549. The molecule has 8 nitrogen and oxygen atoms in total. The Morgan fingerprint density at radius 2 is 1.13 bits per heavy atom. The van der Waals surface area contributed by atoms with Gasteiger partial charge in [-0.1, -0.05) is 23.5 Å². The standard InChI is InChI=1S/C22H42O8S15/c23-7-35-15-37-9-28-21(25)5-33-13-40-12-32-3-4-45(27)20-43-18-41-17-42-19-44-22(26)6-34-14-39-11-31-2-1-29-30-10-38-16-36-8-24/h23-24H,1-20H2. The molecule has 0 heterocycles. The van der Waals surface area contributed by atoms with Crippen LogP contribution in [0, 0.1) is 0 Å². The monoisotopic (exact) mass is 914 g/mol. The molecule has 0 amide bonds. The molecule has 2 N–H and O–H groups in total. The van der Waals surface area contributed by atoms with E-state index in [4.69, 9.17) is 24.7 Å². The van der Waals surface area contributed by atoms with Crippen LogP contribution in [0.25, 0.3) is 0 Å². The number of carbonyl (C=O) groups excluding carboxylic acids is 2. The third-order valence-corrected chi connectivity index (χ3v) is 21.6. The lowest BCUT2D eigenvalue weighted by Crippen LogP contribution is -2.11. The van der Waals surface area contributed by atoms with Crippen molar-refractivity contribution in [1.82, 2.24) is 0 Å². The SMILES string of the molecule is O=C(CSCSCSCC[S+]([O-])CSCSCSCSC(=O)CSCSCSCCOOCSCSCO)OCSCSCO. The highest BCUT2D eigenvalue weighted by molar-refractivity contribution is 8.30. The third-order valence-electron chi connectivity index (χ3n) is 3.76. The van der Waals surface area contributed by atoms with Gasteiger partial charge in [0.1, 0.15) is 17.6 Å². The molecule has 0 rings (SSSR count). The summed E-state index contributed by atoms with van der Waals surface area (Å²) in [5, 5.41) is 25.9. The number of esters is 1. The minimum absolute atomic E-state index is 0.0799. The Kier molecular flexibility index (Phi) is 46.6. The highest BCUT2D eigenvalue weighted by Gasteiger charge is 2.08. The van der Waals surface area contributed by atoms with Crippen LogP contribution in [-0.2, 0) is 35.3 Å². The van der Waals surface area contributed by atoms with E-state index in [0.29, 0.717) is 45.9 Å². The maximum absolute atomic E-state index is 12.2. The second-order valence-electron chi connectivity index (χ2n) is 7.14. The summed E-state index contributed by atoms with van der Waals surface area (Å²) in [4.78, 5) is 33.8. The number of hydrogen-bond donors (Lipinski definition) is 2. The second kappa shape index (κ2) is 42.6. The second-order valence-corrected chi connectivity index (χ2v) is 26.3. The van der Waals surface area contributed by atoms with Crippen molar-refractivity contribution in [3.05, 3.63) is 0 Å². The maximum Gasteiger partial charge on any atom is 0.316 e. The molecule has 268 valence electrons. The summed E-state index contributed by atoms with van der Waals surface area (Å²) >= 11 is 22.1. The molecule has 0 aromatic rings. The largest absolute Gasteiger partial charge is 0.616 e. The van der Waals surface area contributed by atoms with E-state index >= 15 is 0 Å². The Bertz CT molecular complexity index is 651. The molecule has 0 aromatic carbocycles. The van der Waals surface area contributed by atoms with Crippen LogP contribution in [-0.4, -0.2) is 136 Å². The van der Waals surface area contributed by atoms with Crippen LogP contribution in [0.2, 0.25) is 0 Å². The van der Waals surface area contributed by atoms with Gasteiger partial charge in [-0.2, -0.15) is 0 Å². The van der Waals surface area contributed by atoms with Gasteiger partial charge < -0.3 is 19.5 Å². The van der Waals surface area contributed by atoms with Crippen LogP contribution in [0.5, 0.6) is 0 Å². The molecule has 0 aromatic heterocycles. The minimum atomic E-state index is -0.809. The van der Waals surface area contributed by atoms with Crippen LogP contribution in [0.4, 0.5) is 0 Å². The van der Waals surface area contributed by atoms with E-state index in [9.17, 15) is 14.1 Å². The number of thioether (sulfide) groups is 14. The lowest BCUT2D eigenvalue weighted by Gasteiger charge is -2.10. The van der Waals surface area contributed by atoms with Gasteiger partial charge >= 0.3 is 5.97 Å². The Morgan fingerprint density at radius 1 is 0.578 bits per heavy atom. The smallest absolute Gasteiger partial charge is 0.316 e. The fourth-order valence-electron chi connectivity index (χ4n) is 1.97. The average Bonchev–Trinajstić information content (AvgIpc) is 3.03. The first kappa shape index (κ1) is 49.2. The van der Waals surface area contributed by atoms with Crippen molar-refractivity contribution in [3.8, 4) is 0 Å². The van der Waals surface area contributed by atoms with Crippen molar-refractivity contribution in [2.24, 2.45) is 0 Å². The normalized spacial score (nSPS) is 12.1. The van der Waals surface area contributed by atoms with Crippen molar-refractivity contribution in [2.75, 3.05) is 110 Å². The van der Waals surface area contributed by atoms with Crippen LogP contribution < -0.4 is 0 Å². The third kappa shape index (κ3) is 42.5. The molecule has 0 radical (unpaired) electrons. The Hall–Kier alpha value is 4.19. The summed E-state index contributed by atoms with van der Waals surface area (Å²) in [5.41, 5.74) is 0. The van der Waals surface area contributed by atoms with Crippen LogP contribution in [0.15, 0.2) is 0 Å². The van der Waals surface area contributed by atoms with Crippen LogP contribution >= 0.6 is 165 Å². The number of aliphatic hydroxyl groups excluding tert-OH is 2. The molecule has 0 spiro atoms. The lowest BCUT2D eigenvalue weighted by atomic mass is 10.8. The Labute approximate surface area is 331 Å². The topological polar surface area (TPSA) is 125 Å². The van der Waals surface area contributed by atoms with Gasteiger partial charge in [0.25, 0.3) is 0 Å². The summed E-state index contributed by atoms with van der Waals surface area (Å²) in [6, 6.07) is 0. The van der Waals surface area contributed by atoms with Gasteiger partial charge in [-0.05, 0) is 11.2 Å². The Balaban J connectivity index is 3.29. The fourth-order valence-corrected chi connectivity index (χ4v) is 17.7. The molecule has 45 heavy (non-hydrogen) atoms. The summed E-state index contributed by atoms with van der Waals surface area (Å²) < 4.78 is 17.3. The van der Waals surface area contributed by atoms with Crippen molar-refractivity contribution < 1.29 is 38.9 Å². The van der Waals surface area contributed by atoms with Crippen molar-refractivity contribution in [2.45, 2.75) is 0 Å². The summed E-state index contributed by atoms with van der Waals surface area (Å²) in [6.07, 6.45) is 0. The predicted molar refractivity (Wildman–Crippen MR) is 229 cm³/mol. The lowest BCUT2D eigenvalue weighted by molar-refractivity contribution is -0.274. The molecular weight excluding hydrogens is 873 g/mol. The van der Waals surface area contributed by atoms with Crippen molar-refractivity contribution >= 4 is 187 Å². The first-order valence-corrected chi connectivity index (χ1v) is 30.2. The van der Waals surface area contributed by atoms with Gasteiger partial charge in [-0.25, -0.2) is 9.78 Å². The van der Waals surface area contributed by atoms with Gasteiger partial charge in [0.15, 0.2) is 10.2 Å². The quantitative estimate of drug-likeness (QED) is 0.0160. The number of aliphatic hydroxyl groups is 2. The molecule has 0 saturated heterocycles. The summed E-state index contributed by atoms with van der Waals surface area (Å²) in [7, 11) is 0. The van der Waals surface area contributed by atoms with E-state index in [0.717, 1.165) is 52.2 Å². The van der Waals surface area contributed by atoms with Crippen LogP contribution in [0.3, 0.4) is 0 Å². The molecule has 1 unspecified atom stereocenters. The zero-order valence-corrected chi connectivity index (χ0v) is 36.9. The van der Waals surface area contributed by atoms with Gasteiger partial charge in [0.05, 0.1) is 30.0 Å². The van der Waals surface area contributed by atoms with Gasteiger partial charge in [-0.3, -0.25) is 9.59 Å². The highest BCUT2D eigenvalue weighted by atomic mass is 32.3. The Morgan fingerprint density at radius 3 is 1.84 bits per heavy atom. The van der Waals surface area contributed by atoms with E-state index in [-0.39, 0.29) is 23.0 Å². The molecule has 0 aliphatic heterocycles. The van der Waals surface area contributed by atoms with Gasteiger partial charge in [0, 0.05) is 57.3 Å². The average molecular weight is 916 g/mol. The van der Waals surface area contributed by atoms with Gasteiger partial charge in [0.2, 0.25) is 0 Å². The molecule has 1 atom stereocenters. The summed E-state index contributed by atoms with van der Waals surface area (Å²) in [5.74, 6) is 4.13. The predicted octanol–water partition coefficient (Wildman–Crippen LogP) is 7.41. The van der Waals surface area contributed by atoms with Gasteiger partial charge in [-0.15, -0.1) is 141 Å². The highest BCUT2D eigenvalue weighted by Crippen LogP contribution is 2.25. The van der Waals surface area contributed by atoms with E-state index in [1.807, 2.05) is 23.5 Å². The van der Waals surface area contributed by atoms with E-state index in [2.05, 4.69) is 0 Å². The number of ether oxygens (including phenoxy) is 1. The van der Waals surface area contributed by atoms with Crippen molar-refractivity contribution in [3.63, 3.8) is 0 Å². The zero-order valence-electron chi connectivity index (χ0n) is 24.6. The molecule has 0 aliphatic rings. The number of hydrogen-bond acceptors (Lipinski definition) is 22. The fraction of sp³-hybridized carbons (Fsp3) is 0.909. The molecule has 23 heteroatoms. The van der Waals surface area contributed by atoms with E-state index in [1.54, 1.807) is 94.1 Å². The number of carbonyl (C=O) groups is 2. The molecule has 0 aliphatic carbocycles. The van der Waals surface area contributed by atoms with Crippen molar-refractivity contribution in [1.29, 1.82) is 0 Å². The van der Waals surface area contributed by atoms with Crippen LogP contribution in [0.1, 0.15) is 0 Å². The zero-order chi connectivity index (χ0) is 32.9. The minimum Gasteiger partial charge on any atom is -0.616 e. The van der Waals surface area contributed by atoms with E-state index < -0.39 is 11.2 Å². The van der Waals surface area contributed by atoms with E-state index in [1.165, 1.54) is 47.0 Å². The molecule has 0 fully saturated rings. The number of rotatable bonds is 37. The molecular formula is C22H42O8S15. The first-order chi connectivity index (χ1) is 22.1. The first-order valence-electron chi connectivity index (χ1n) is 12.7. The maximum atomic E-state index is 12.2.